The summed E-state index contributed by atoms with van der Waals surface area (Å²) >= 11 is 0. The van der Waals surface area contributed by atoms with Gasteiger partial charge in [-0.05, 0) is 41.0 Å². The molecule has 5 N–H and O–H groups in total. The van der Waals surface area contributed by atoms with Gasteiger partial charge in [0, 0.05) is 11.8 Å². The first-order valence-electron chi connectivity index (χ1n) is 14.4. The summed E-state index contributed by atoms with van der Waals surface area (Å²) in [6, 6.07) is 5.24. The van der Waals surface area contributed by atoms with Crippen molar-refractivity contribution in [2.24, 2.45) is 11.8 Å². The van der Waals surface area contributed by atoms with Crippen LogP contribution in [0.1, 0.15) is 28.7 Å². The van der Waals surface area contributed by atoms with Crippen molar-refractivity contribution in [1.29, 1.82) is 0 Å². The summed E-state index contributed by atoms with van der Waals surface area (Å²) in [7, 11) is 4.30. The van der Waals surface area contributed by atoms with E-state index in [9.17, 15) is 30.0 Å². The first kappa shape index (κ1) is 32.0. The minimum Gasteiger partial charge on any atom is -0.493 e. The highest BCUT2D eigenvalue weighted by atomic mass is 19.3. The van der Waals surface area contributed by atoms with Gasteiger partial charge in [-0.1, -0.05) is 0 Å². The van der Waals surface area contributed by atoms with E-state index >= 15 is 8.78 Å². The molecule has 2 fully saturated rings. The van der Waals surface area contributed by atoms with Gasteiger partial charge in [-0.3, -0.25) is 9.59 Å². The van der Waals surface area contributed by atoms with E-state index in [2.05, 4.69) is 5.32 Å². The van der Waals surface area contributed by atoms with E-state index < -0.39 is 78.7 Å². The Morgan fingerprint density at radius 1 is 0.935 bits per heavy atom. The quantitative estimate of drug-likeness (QED) is 0.240. The molecule has 0 saturated carbocycles. The van der Waals surface area contributed by atoms with Crippen LogP contribution in [0.2, 0.25) is 0 Å². The molecular weight excluding hydrogens is 620 g/mol. The summed E-state index contributed by atoms with van der Waals surface area (Å²) in [6.45, 7) is -1.31. The number of aliphatic hydroxyl groups is 4. The van der Waals surface area contributed by atoms with Gasteiger partial charge in [0.25, 0.3) is 5.91 Å². The predicted molar refractivity (Wildman–Crippen MR) is 148 cm³/mol. The lowest BCUT2D eigenvalue weighted by molar-refractivity contribution is -0.274. The van der Waals surface area contributed by atoms with Crippen LogP contribution in [0, 0.1) is 11.8 Å². The third kappa shape index (κ3) is 4.95. The molecule has 1 unspecified atom stereocenters. The third-order valence-electron chi connectivity index (χ3n) is 9.07. The van der Waals surface area contributed by atoms with E-state index in [0.29, 0.717) is 39.7 Å². The van der Waals surface area contributed by atoms with Crippen molar-refractivity contribution in [3.8, 4) is 28.7 Å². The molecule has 16 heteroatoms. The first-order chi connectivity index (χ1) is 22.0. The largest absolute Gasteiger partial charge is 0.493 e. The van der Waals surface area contributed by atoms with E-state index in [4.69, 9.17) is 33.2 Å². The van der Waals surface area contributed by atoms with Gasteiger partial charge in [-0.15, -0.1) is 0 Å². The van der Waals surface area contributed by atoms with Gasteiger partial charge in [0.15, 0.2) is 29.1 Å². The molecule has 3 heterocycles. The Bertz CT molecular complexity index is 1490. The predicted octanol–water partition coefficient (Wildman–Crippen LogP) is 0.0108. The molecule has 46 heavy (non-hydrogen) atoms. The fourth-order valence-electron chi connectivity index (χ4n) is 6.80. The smallest absolute Gasteiger partial charge is 0.352 e. The van der Waals surface area contributed by atoms with Crippen LogP contribution >= 0.6 is 0 Å². The lowest BCUT2D eigenvalue weighted by Gasteiger charge is -2.43. The van der Waals surface area contributed by atoms with Gasteiger partial charge in [0.05, 0.1) is 46.5 Å². The second kappa shape index (κ2) is 12.0. The van der Waals surface area contributed by atoms with E-state index in [1.165, 1.54) is 21.3 Å². The summed E-state index contributed by atoms with van der Waals surface area (Å²) in [6.07, 6.45) is -10.7. The topological polar surface area (TPSA) is 192 Å². The van der Waals surface area contributed by atoms with Crippen LogP contribution in [0.4, 0.5) is 8.78 Å². The number of benzene rings is 2. The van der Waals surface area contributed by atoms with Crippen molar-refractivity contribution in [3.05, 3.63) is 41.0 Å². The minimum absolute atomic E-state index is 0.117. The maximum absolute atomic E-state index is 15.8. The van der Waals surface area contributed by atoms with Crippen molar-refractivity contribution >= 4 is 11.9 Å². The van der Waals surface area contributed by atoms with Gasteiger partial charge >= 0.3 is 11.9 Å². The van der Waals surface area contributed by atoms with Crippen LogP contribution in [0.25, 0.3) is 0 Å². The molecule has 0 aromatic heterocycles. The summed E-state index contributed by atoms with van der Waals surface area (Å²) < 4.78 is 69.6. The zero-order chi connectivity index (χ0) is 33.1. The number of aliphatic hydroxyl groups excluding tert-OH is 4. The van der Waals surface area contributed by atoms with Crippen LogP contribution in [0.3, 0.4) is 0 Å². The van der Waals surface area contributed by atoms with Gasteiger partial charge in [-0.25, -0.2) is 0 Å². The number of halogens is 2. The number of methoxy groups -OCH3 is 3. The highest BCUT2D eigenvalue weighted by molar-refractivity contribution is 5.86. The van der Waals surface area contributed by atoms with E-state index in [1.54, 1.807) is 24.3 Å². The number of alkyl halides is 2. The Balaban J connectivity index is 1.44. The number of cyclic esters (lactones) is 1. The number of carbonyl (C=O) groups is 2. The molecule has 2 aromatic rings. The van der Waals surface area contributed by atoms with Crippen molar-refractivity contribution in [2.45, 2.75) is 48.4 Å². The highest BCUT2D eigenvalue weighted by Gasteiger charge is 2.60. The number of esters is 1. The first-order valence-corrected chi connectivity index (χ1v) is 14.4. The van der Waals surface area contributed by atoms with Crippen LogP contribution in [0.5, 0.6) is 28.7 Å². The number of carbonyl (C=O) groups excluding carboxylic acids is 2. The van der Waals surface area contributed by atoms with Crippen LogP contribution in [0.15, 0.2) is 24.3 Å². The number of rotatable bonds is 8. The molecule has 0 spiro atoms. The normalized spacial score (nSPS) is 31.4. The highest BCUT2D eigenvalue weighted by Crippen LogP contribution is 2.56. The zero-order valence-electron chi connectivity index (χ0n) is 24.8. The van der Waals surface area contributed by atoms with E-state index in [-0.39, 0.29) is 19.1 Å². The maximum atomic E-state index is 15.8. The number of fused-ring (bicyclic) bond motifs is 3. The summed E-state index contributed by atoms with van der Waals surface area (Å²) in [5.74, 6) is -8.07. The Morgan fingerprint density at radius 2 is 1.57 bits per heavy atom. The molecule has 0 radical (unpaired) electrons. The fourth-order valence-corrected chi connectivity index (χ4v) is 6.80. The number of hydrogen-bond donors (Lipinski definition) is 5. The second-order valence-electron chi connectivity index (χ2n) is 11.4. The fraction of sp³-hybridized carbons (Fsp3) is 0.533. The molecule has 250 valence electrons. The molecule has 3 aliphatic heterocycles. The monoisotopic (exact) mass is 653 g/mol. The molecule has 1 aliphatic carbocycles. The molecule has 4 aliphatic rings. The average Bonchev–Trinajstić information content (AvgIpc) is 3.68. The number of nitrogens with one attached hydrogen (secondary N) is 1. The van der Waals surface area contributed by atoms with Crippen molar-refractivity contribution in [2.75, 3.05) is 41.3 Å². The van der Waals surface area contributed by atoms with Crippen molar-refractivity contribution in [3.63, 3.8) is 0 Å². The number of hydrogen-bond acceptors (Lipinski definition) is 13. The third-order valence-corrected chi connectivity index (χ3v) is 9.07. The van der Waals surface area contributed by atoms with Crippen molar-refractivity contribution in [1.82, 2.24) is 5.32 Å². The summed E-state index contributed by atoms with van der Waals surface area (Å²) in [4.78, 5) is 26.7. The Hall–Kier alpha value is -3.96. The lowest BCUT2D eigenvalue weighted by Crippen LogP contribution is -2.66. The SMILES string of the molecule is COc1cc([C@@H]2c3cc4c(cc3[C@@H](NC(=O)C(F)(F)[C@H]3O[C@H](CO)[C@@H](O)[C@H](O)[C@H]3O)C3COC(=O)[C@@H]32)OCO4)cc(OC)c1OC. The number of ether oxygens (including phenoxy) is 7. The van der Waals surface area contributed by atoms with Gasteiger partial charge in [-0.2, -0.15) is 8.78 Å². The van der Waals surface area contributed by atoms with Gasteiger partial charge in [0.1, 0.15) is 24.4 Å². The standard InChI is InChI=1S/C30H33F2NO13/c1-40-17-4-11(5-18(41-2)26(17)42-3)20-12-6-15-16(45-10-44-15)7-13(12)22(14-9-43-28(38)21(14)20)33-29(39)30(31,32)27-25(37)24(36)23(35)19(8-34)46-27/h4-7,14,19-25,27,34-37H,8-10H2,1-3H3,(H,33,39)/t14?,19-,20-,21+,22-,23-,24+,25-,27+/m1/s1. The lowest BCUT2D eigenvalue weighted by atomic mass is 9.65. The molecule has 0 bridgehead atoms. The Morgan fingerprint density at radius 3 is 2.15 bits per heavy atom. The number of amides is 1. The van der Waals surface area contributed by atoms with E-state index in [1.807, 2.05) is 0 Å². The summed E-state index contributed by atoms with van der Waals surface area (Å²) in [5, 5.41) is 42.3. The molecule has 2 aromatic carbocycles. The van der Waals surface area contributed by atoms with E-state index in [0.717, 1.165) is 0 Å². The molecule has 1 amide bonds. The van der Waals surface area contributed by atoms with Crippen LogP contribution in [-0.4, -0.2) is 110 Å². The van der Waals surface area contributed by atoms with Crippen LogP contribution in [-0.2, 0) is 19.1 Å². The zero-order valence-corrected chi connectivity index (χ0v) is 24.8. The molecule has 14 nitrogen and oxygen atoms in total. The molecule has 9 atom stereocenters. The van der Waals surface area contributed by atoms with Crippen LogP contribution < -0.4 is 29.0 Å². The minimum atomic E-state index is -4.48. The average molecular weight is 654 g/mol. The Kier molecular flexibility index (Phi) is 8.35. The Labute approximate surface area is 260 Å². The second-order valence-corrected chi connectivity index (χ2v) is 11.4. The van der Waals surface area contributed by atoms with Gasteiger partial charge < -0.3 is 58.9 Å². The maximum Gasteiger partial charge on any atom is 0.352 e. The van der Waals surface area contributed by atoms with Gasteiger partial charge in [0.2, 0.25) is 12.5 Å². The summed E-state index contributed by atoms with van der Waals surface area (Å²) in [5.41, 5.74) is 1.32. The molecule has 2 saturated heterocycles. The van der Waals surface area contributed by atoms with Crippen molar-refractivity contribution < 1.29 is 72.0 Å². The molecular formula is C30H33F2NO13. The molecule has 6 rings (SSSR count).